The highest BCUT2D eigenvalue weighted by molar-refractivity contribution is 9.10. The molecule has 1 fully saturated rings. The van der Waals surface area contributed by atoms with E-state index in [2.05, 4.69) is 22.9 Å². The van der Waals surface area contributed by atoms with Gasteiger partial charge in [0.05, 0.1) is 24.3 Å². The lowest BCUT2D eigenvalue weighted by atomic mass is 10.1. The summed E-state index contributed by atoms with van der Waals surface area (Å²) in [7, 11) is 0. The van der Waals surface area contributed by atoms with Crippen LogP contribution < -0.4 is 0 Å². The second kappa shape index (κ2) is 6.04. The number of hydrogen-bond acceptors (Lipinski definition) is 2. The van der Waals surface area contributed by atoms with E-state index in [0.717, 1.165) is 10.9 Å². The molecule has 3 nitrogen and oxygen atoms in total. The summed E-state index contributed by atoms with van der Waals surface area (Å²) in [5.41, 5.74) is 0.659. The smallest absolute Gasteiger partial charge is 0.254 e. The minimum atomic E-state index is 0.0440. The van der Waals surface area contributed by atoms with Gasteiger partial charge in [0.15, 0.2) is 0 Å². The van der Waals surface area contributed by atoms with Gasteiger partial charge in [-0.15, -0.1) is 0 Å². The average molecular weight is 333 g/mol. The van der Waals surface area contributed by atoms with Crippen molar-refractivity contribution in [3.05, 3.63) is 33.3 Å². The number of carbonyl (C=O) groups is 1. The number of amides is 1. The molecule has 1 aliphatic heterocycles. The maximum atomic E-state index is 12.4. The number of carbonyl (C=O) groups excluding carboxylic acids is 1. The van der Waals surface area contributed by atoms with E-state index in [4.69, 9.17) is 16.3 Å². The molecule has 1 unspecified atom stereocenters. The maximum Gasteiger partial charge on any atom is 0.254 e. The summed E-state index contributed by atoms with van der Waals surface area (Å²) < 4.78 is 6.15. The third-order valence-electron chi connectivity index (χ3n) is 3.13. The molecule has 1 saturated heterocycles. The molecule has 2 rings (SSSR count). The largest absolute Gasteiger partial charge is 0.377 e. The molecule has 18 heavy (non-hydrogen) atoms. The lowest BCUT2D eigenvalue weighted by Gasteiger charge is -2.35. The van der Waals surface area contributed by atoms with E-state index in [-0.39, 0.29) is 11.9 Å². The molecule has 1 amide bonds. The minimum absolute atomic E-state index is 0.0440. The number of ether oxygens (including phenoxy) is 1. The van der Waals surface area contributed by atoms with Gasteiger partial charge in [-0.2, -0.15) is 0 Å². The van der Waals surface area contributed by atoms with E-state index >= 15 is 0 Å². The first-order valence-corrected chi connectivity index (χ1v) is 7.14. The Balaban J connectivity index is 2.21. The van der Waals surface area contributed by atoms with Gasteiger partial charge in [-0.1, -0.05) is 18.5 Å². The number of rotatable bonds is 2. The van der Waals surface area contributed by atoms with Crippen LogP contribution in [0.3, 0.4) is 0 Å². The van der Waals surface area contributed by atoms with E-state index in [1.165, 1.54) is 0 Å². The van der Waals surface area contributed by atoms with Crippen LogP contribution in [0.1, 0.15) is 23.7 Å². The van der Waals surface area contributed by atoms with Crippen LogP contribution in [0.4, 0.5) is 0 Å². The van der Waals surface area contributed by atoms with Crippen molar-refractivity contribution in [1.82, 2.24) is 4.90 Å². The fourth-order valence-corrected chi connectivity index (χ4v) is 2.55. The van der Waals surface area contributed by atoms with Crippen molar-refractivity contribution in [1.29, 1.82) is 0 Å². The molecule has 0 spiro atoms. The maximum absolute atomic E-state index is 12.4. The average Bonchev–Trinajstić information content (AvgIpc) is 2.41. The van der Waals surface area contributed by atoms with Crippen molar-refractivity contribution in [2.24, 2.45) is 0 Å². The molecule has 1 heterocycles. The van der Waals surface area contributed by atoms with Crippen molar-refractivity contribution in [2.45, 2.75) is 19.4 Å². The molecular weight excluding hydrogens is 318 g/mol. The quantitative estimate of drug-likeness (QED) is 0.831. The van der Waals surface area contributed by atoms with Gasteiger partial charge in [0, 0.05) is 16.6 Å². The van der Waals surface area contributed by atoms with Crippen LogP contribution in [0.2, 0.25) is 5.02 Å². The van der Waals surface area contributed by atoms with Gasteiger partial charge in [0.25, 0.3) is 5.91 Å². The number of halogens is 2. The third-order valence-corrected chi connectivity index (χ3v) is 4.34. The normalized spacial score (nSPS) is 19.9. The molecule has 0 aromatic heterocycles. The predicted molar refractivity (Wildman–Crippen MR) is 75.1 cm³/mol. The number of hydrogen-bond donors (Lipinski definition) is 0. The van der Waals surface area contributed by atoms with Crippen molar-refractivity contribution in [3.8, 4) is 0 Å². The zero-order valence-electron chi connectivity index (χ0n) is 10.2. The summed E-state index contributed by atoms with van der Waals surface area (Å²) in [6.07, 6.45) is 0.903. The molecule has 1 aromatic rings. The van der Waals surface area contributed by atoms with Crippen LogP contribution in [0, 0.1) is 0 Å². The molecule has 1 atom stereocenters. The van der Waals surface area contributed by atoms with Crippen LogP contribution in [-0.4, -0.2) is 36.6 Å². The van der Waals surface area contributed by atoms with Crippen molar-refractivity contribution < 1.29 is 9.53 Å². The Hall–Kier alpha value is -0.580. The van der Waals surface area contributed by atoms with Gasteiger partial charge >= 0.3 is 0 Å². The van der Waals surface area contributed by atoms with Gasteiger partial charge in [0.2, 0.25) is 0 Å². The summed E-state index contributed by atoms with van der Waals surface area (Å²) in [6.45, 7) is 3.95. The van der Waals surface area contributed by atoms with Crippen molar-refractivity contribution in [3.63, 3.8) is 0 Å². The Kier molecular flexibility index (Phi) is 4.65. The van der Waals surface area contributed by atoms with Crippen LogP contribution in [0.15, 0.2) is 22.7 Å². The fraction of sp³-hybridized carbons (Fsp3) is 0.462. The number of benzene rings is 1. The standard InChI is InChI=1S/C13H15BrClNO2/c1-2-10-8-18-6-5-16(10)13(17)9-3-4-12(15)11(14)7-9/h3-4,7,10H,2,5-6,8H2,1H3. The molecule has 0 radical (unpaired) electrons. The lowest BCUT2D eigenvalue weighted by molar-refractivity contribution is -0.00280. The first-order chi connectivity index (χ1) is 8.63. The fourth-order valence-electron chi connectivity index (χ4n) is 2.06. The van der Waals surface area contributed by atoms with E-state index in [9.17, 15) is 4.79 Å². The van der Waals surface area contributed by atoms with Crippen LogP contribution >= 0.6 is 27.5 Å². The molecule has 5 heteroatoms. The molecule has 0 saturated carbocycles. The van der Waals surface area contributed by atoms with Crippen LogP contribution in [0.5, 0.6) is 0 Å². The summed E-state index contributed by atoms with van der Waals surface area (Å²) >= 11 is 9.28. The molecule has 1 aliphatic rings. The monoisotopic (exact) mass is 331 g/mol. The molecular formula is C13H15BrClNO2. The molecule has 0 aliphatic carbocycles. The van der Waals surface area contributed by atoms with Gasteiger partial charge in [-0.05, 0) is 40.5 Å². The van der Waals surface area contributed by atoms with Crippen LogP contribution in [0.25, 0.3) is 0 Å². The second-order valence-electron chi connectivity index (χ2n) is 4.26. The first-order valence-electron chi connectivity index (χ1n) is 5.97. The highest BCUT2D eigenvalue weighted by Crippen LogP contribution is 2.24. The minimum Gasteiger partial charge on any atom is -0.377 e. The molecule has 1 aromatic carbocycles. The van der Waals surface area contributed by atoms with Gasteiger partial charge in [-0.3, -0.25) is 4.79 Å². The summed E-state index contributed by atoms with van der Waals surface area (Å²) in [5, 5.41) is 0.612. The summed E-state index contributed by atoms with van der Waals surface area (Å²) in [5.74, 6) is 0.0440. The molecule has 0 N–H and O–H groups in total. The van der Waals surface area contributed by atoms with Gasteiger partial charge in [-0.25, -0.2) is 0 Å². The Morgan fingerprint density at radius 2 is 2.39 bits per heavy atom. The summed E-state index contributed by atoms with van der Waals surface area (Å²) in [6, 6.07) is 5.44. The van der Waals surface area contributed by atoms with Crippen molar-refractivity contribution in [2.75, 3.05) is 19.8 Å². The van der Waals surface area contributed by atoms with Crippen LogP contribution in [-0.2, 0) is 4.74 Å². The molecule has 0 bridgehead atoms. The number of nitrogens with zero attached hydrogens (tertiary/aromatic N) is 1. The van der Waals surface area contributed by atoms with Gasteiger partial charge < -0.3 is 9.64 Å². The van der Waals surface area contributed by atoms with E-state index in [0.29, 0.717) is 30.3 Å². The SMILES string of the molecule is CCC1COCCN1C(=O)c1ccc(Cl)c(Br)c1. The van der Waals surface area contributed by atoms with E-state index in [1.54, 1.807) is 18.2 Å². The Morgan fingerprint density at radius 3 is 3.06 bits per heavy atom. The lowest BCUT2D eigenvalue weighted by Crippen LogP contribution is -2.48. The van der Waals surface area contributed by atoms with Crippen molar-refractivity contribution >= 4 is 33.4 Å². The topological polar surface area (TPSA) is 29.5 Å². The van der Waals surface area contributed by atoms with E-state index < -0.39 is 0 Å². The first kappa shape index (κ1) is 13.8. The number of morpholine rings is 1. The third kappa shape index (κ3) is 2.87. The molecule has 98 valence electrons. The second-order valence-corrected chi connectivity index (χ2v) is 5.53. The van der Waals surface area contributed by atoms with Gasteiger partial charge in [0.1, 0.15) is 0 Å². The van der Waals surface area contributed by atoms with E-state index in [1.807, 2.05) is 4.90 Å². The predicted octanol–water partition coefficient (Wildman–Crippen LogP) is 3.35. The zero-order chi connectivity index (χ0) is 13.1. The Bertz CT molecular complexity index is 453. The Morgan fingerprint density at radius 1 is 1.61 bits per heavy atom. The highest BCUT2D eigenvalue weighted by Gasteiger charge is 2.26. The summed E-state index contributed by atoms with van der Waals surface area (Å²) in [4.78, 5) is 14.3. The highest BCUT2D eigenvalue weighted by atomic mass is 79.9. The Labute approximate surface area is 120 Å². The zero-order valence-corrected chi connectivity index (χ0v) is 12.5.